The zero-order chi connectivity index (χ0) is 21.8. The highest BCUT2D eigenvalue weighted by molar-refractivity contribution is 9.10. The SMILES string of the molecule is OC(CNC(c1cccc(Br)c1)c1cccc(OC(F)(F)C(F)F)c1)C(F)(F)F. The third-order valence-electron chi connectivity index (χ3n) is 3.77. The van der Waals surface area contributed by atoms with Gasteiger partial charge in [0.25, 0.3) is 0 Å². The number of ether oxygens (including phenoxy) is 1. The van der Waals surface area contributed by atoms with E-state index in [2.05, 4.69) is 26.0 Å². The zero-order valence-corrected chi connectivity index (χ0v) is 16.0. The lowest BCUT2D eigenvalue weighted by atomic mass is 9.98. The van der Waals surface area contributed by atoms with E-state index in [4.69, 9.17) is 0 Å². The molecule has 0 radical (unpaired) electrons. The molecule has 2 unspecified atom stereocenters. The molecule has 29 heavy (non-hydrogen) atoms. The molecule has 0 spiro atoms. The zero-order valence-electron chi connectivity index (χ0n) is 14.4. The average Bonchev–Trinajstić information content (AvgIpc) is 2.61. The summed E-state index contributed by atoms with van der Waals surface area (Å²) in [5.74, 6) is -0.592. The van der Waals surface area contributed by atoms with Crippen molar-refractivity contribution in [1.29, 1.82) is 0 Å². The van der Waals surface area contributed by atoms with E-state index >= 15 is 0 Å². The molecule has 11 heteroatoms. The maximum Gasteiger partial charge on any atom is 0.461 e. The predicted octanol–water partition coefficient (Wildman–Crippen LogP) is 5.29. The van der Waals surface area contributed by atoms with Gasteiger partial charge in [0, 0.05) is 11.0 Å². The number of aliphatic hydroxyl groups is 1. The van der Waals surface area contributed by atoms with Crippen molar-refractivity contribution < 1.29 is 40.6 Å². The first-order valence-corrected chi connectivity index (χ1v) is 8.88. The molecule has 0 saturated carbocycles. The van der Waals surface area contributed by atoms with Gasteiger partial charge in [0.05, 0.1) is 6.04 Å². The second-order valence-corrected chi connectivity index (χ2v) is 6.91. The molecule has 0 saturated heterocycles. The highest BCUT2D eigenvalue weighted by Crippen LogP contribution is 2.31. The van der Waals surface area contributed by atoms with Gasteiger partial charge in [-0.3, -0.25) is 0 Å². The Morgan fingerprint density at radius 1 is 0.966 bits per heavy atom. The van der Waals surface area contributed by atoms with E-state index < -0.39 is 43.2 Å². The van der Waals surface area contributed by atoms with Crippen LogP contribution in [0.3, 0.4) is 0 Å². The van der Waals surface area contributed by atoms with Crippen molar-refractivity contribution in [3.63, 3.8) is 0 Å². The van der Waals surface area contributed by atoms with Crippen LogP contribution in [0.2, 0.25) is 0 Å². The maximum absolute atomic E-state index is 13.2. The largest absolute Gasteiger partial charge is 0.461 e. The van der Waals surface area contributed by atoms with Crippen molar-refractivity contribution >= 4 is 15.9 Å². The van der Waals surface area contributed by atoms with E-state index in [-0.39, 0.29) is 5.56 Å². The molecule has 2 atom stereocenters. The molecule has 0 aliphatic rings. The minimum absolute atomic E-state index is 0.167. The maximum atomic E-state index is 13.2. The molecule has 0 aliphatic carbocycles. The quantitative estimate of drug-likeness (QED) is 0.495. The Morgan fingerprint density at radius 2 is 1.55 bits per heavy atom. The van der Waals surface area contributed by atoms with Crippen molar-refractivity contribution in [2.24, 2.45) is 0 Å². The van der Waals surface area contributed by atoms with Crippen LogP contribution in [0.4, 0.5) is 30.7 Å². The molecule has 0 bridgehead atoms. The van der Waals surface area contributed by atoms with E-state index in [1.807, 2.05) is 0 Å². The fourth-order valence-corrected chi connectivity index (χ4v) is 2.84. The summed E-state index contributed by atoms with van der Waals surface area (Å²) in [6.07, 6.45) is -16.3. The van der Waals surface area contributed by atoms with Crippen LogP contribution >= 0.6 is 15.9 Å². The summed E-state index contributed by atoms with van der Waals surface area (Å²) in [5.41, 5.74) is 0.603. The Bertz CT molecular complexity index is 817. The summed E-state index contributed by atoms with van der Waals surface area (Å²) in [5, 5.41) is 11.8. The molecule has 0 heterocycles. The minimum atomic E-state index is -4.86. The number of rotatable bonds is 8. The number of hydrogen-bond acceptors (Lipinski definition) is 3. The second-order valence-electron chi connectivity index (χ2n) is 5.99. The van der Waals surface area contributed by atoms with Gasteiger partial charge in [0.2, 0.25) is 0 Å². The molecule has 0 aromatic heterocycles. The van der Waals surface area contributed by atoms with Crippen molar-refractivity contribution in [3.05, 3.63) is 64.1 Å². The number of benzene rings is 2. The van der Waals surface area contributed by atoms with Crippen LogP contribution in [0.15, 0.2) is 53.0 Å². The first kappa shape index (κ1) is 23.4. The third-order valence-corrected chi connectivity index (χ3v) is 4.27. The number of alkyl halides is 7. The van der Waals surface area contributed by atoms with Gasteiger partial charge < -0.3 is 15.2 Å². The van der Waals surface area contributed by atoms with Gasteiger partial charge >= 0.3 is 18.7 Å². The van der Waals surface area contributed by atoms with Crippen LogP contribution in [0.25, 0.3) is 0 Å². The summed E-state index contributed by atoms with van der Waals surface area (Å²) < 4.78 is 93.6. The van der Waals surface area contributed by atoms with Crippen molar-refractivity contribution in [2.45, 2.75) is 30.9 Å². The molecule has 160 valence electrons. The molecule has 0 fully saturated rings. The van der Waals surface area contributed by atoms with Gasteiger partial charge in [0.1, 0.15) is 5.75 Å². The molecule has 0 amide bonds. The molecule has 0 aliphatic heterocycles. The lowest BCUT2D eigenvalue weighted by Crippen LogP contribution is -2.40. The Kier molecular flexibility index (Phi) is 7.52. The van der Waals surface area contributed by atoms with E-state index in [9.17, 15) is 35.8 Å². The molecule has 3 nitrogen and oxygen atoms in total. The summed E-state index contributed by atoms with van der Waals surface area (Å²) in [4.78, 5) is 0. The van der Waals surface area contributed by atoms with E-state index in [1.54, 1.807) is 24.3 Å². The van der Waals surface area contributed by atoms with Gasteiger partial charge in [-0.2, -0.15) is 30.7 Å². The van der Waals surface area contributed by atoms with Gasteiger partial charge in [-0.1, -0.05) is 40.2 Å². The standard InChI is InChI=1S/C18H15BrF7NO2/c19-12-5-1-3-10(7-12)15(27-9-14(28)17(22,23)24)11-4-2-6-13(8-11)29-18(25,26)16(20)21/h1-8,14-16,27-28H,9H2. The first-order chi connectivity index (χ1) is 13.4. The molecule has 2 aromatic carbocycles. The Morgan fingerprint density at radius 3 is 2.10 bits per heavy atom. The lowest BCUT2D eigenvalue weighted by Gasteiger charge is -2.24. The Hall–Kier alpha value is -1.85. The number of nitrogens with one attached hydrogen (secondary N) is 1. The molecular formula is C18H15BrF7NO2. The molecular weight excluding hydrogens is 475 g/mol. The first-order valence-electron chi connectivity index (χ1n) is 8.08. The summed E-state index contributed by atoms with van der Waals surface area (Å²) in [6, 6.07) is 10.1. The van der Waals surface area contributed by atoms with E-state index in [1.165, 1.54) is 12.1 Å². The highest BCUT2D eigenvalue weighted by Gasteiger charge is 2.44. The fraction of sp³-hybridized carbons (Fsp3) is 0.333. The van der Waals surface area contributed by atoms with E-state index in [0.717, 1.165) is 12.1 Å². The highest BCUT2D eigenvalue weighted by atomic mass is 79.9. The van der Waals surface area contributed by atoms with Gasteiger partial charge in [-0.15, -0.1) is 0 Å². The average molecular weight is 490 g/mol. The van der Waals surface area contributed by atoms with Crippen LogP contribution in [0, 0.1) is 0 Å². The van der Waals surface area contributed by atoms with Gasteiger partial charge in [-0.25, -0.2) is 0 Å². The second kappa shape index (κ2) is 9.31. The van der Waals surface area contributed by atoms with Crippen LogP contribution in [0.5, 0.6) is 5.75 Å². The van der Waals surface area contributed by atoms with Gasteiger partial charge in [0.15, 0.2) is 6.10 Å². The van der Waals surface area contributed by atoms with Crippen LogP contribution in [-0.2, 0) is 0 Å². The van der Waals surface area contributed by atoms with Gasteiger partial charge in [-0.05, 0) is 35.4 Å². The molecule has 2 rings (SSSR count). The minimum Gasteiger partial charge on any atom is -0.428 e. The fourth-order valence-electron chi connectivity index (χ4n) is 2.42. The lowest BCUT2D eigenvalue weighted by molar-refractivity contribution is -0.253. The van der Waals surface area contributed by atoms with E-state index in [0.29, 0.717) is 10.0 Å². The van der Waals surface area contributed by atoms with Crippen LogP contribution < -0.4 is 10.1 Å². The number of aliphatic hydroxyl groups excluding tert-OH is 1. The third kappa shape index (κ3) is 6.58. The number of halogens is 8. The summed E-state index contributed by atoms with van der Waals surface area (Å²) in [6.45, 7) is -0.890. The predicted molar refractivity (Wildman–Crippen MR) is 94.1 cm³/mol. The van der Waals surface area contributed by atoms with Crippen LogP contribution in [-0.4, -0.2) is 36.5 Å². The normalized spacial score (nSPS) is 14.7. The van der Waals surface area contributed by atoms with Crippen molar-refractivity contribution in [2.75, 3.05) is 6.54 Å². The number of hydrogen-bond donors (Lipinski definition) is 2. The molecule has 2 aromatic rings. The van der Waals surface area contributed by atoms with Crippen molar-refractivity contribution in [3.8, 4) is 5.75 Å². The topological polar surface area (TPSA) is 41.5 Å². The van der Waals surface area contributed by atoms with Crippen LogP contribution in [0.1, 0.15) is 17.2 Å². The van der Waals surface area contributed by atoms with Crippen molar-refractivity contribution in [1.82, 2.24) is 5.32 Å². The molecule has 2 N–H and O–H groups in total. The summed E-state index contributed by atoms with van der Waals surface area (Å²) in [7, 11) is 0. The Balaban J connectivity index is 2.34. The smallest absolute Gasteiger partial charge is 0.428 e. The Labute approximate surface area is 169 Å². The monoisotopic (exact) mass is 489 g/mol. The summed E-state index contributed by atoms with van der Waals surface area (Å²) >= 11 is 3.22.